The smallest absolute Gasteiger partial charge is 0.257 e. The summed E-state index contributed by atoms with van der Waals surface area (Å²) in [6, 6.07) is 19.1. The van der Waals surface area contributed by atoms with Gasteiger partial charge in [0.15, 0.2) is 0 Å². The Morgan fingerprint density at radius 3 is 2.34 bits per heavy atom. The molecular weight excluding hydrogens is 470 g/mol. The van der Waals surface area contributed by atoms with Gasteiger partial charge in [-0.05, 0) is 55.0 Å². The standard InChI is InChI=1S/C27H25ClF2N4O/c1-18-24(26(32(2)3)34(31-18)22-8-6-7-20(28)15-22)17-33(16-19-11-13-21(29)14-12-19)27(35)23-9-4-5-10-25(23)30/h4-15H,16-17H2,1-3H3. The molecule has 0 fully saturated rings. The third-order valence-electron chi connectivity index (χ3n) is 5.66. The van der Waals surface area contributed by atoms with Crippen LogP contribution in [0.5, 0.6) is 0 Å². The molecule has 1 heterocycles. The van der Waals surface area contributed by atoms with Gasteiger partial charge in [0.05, 0.1) is 23.5 Å². The predicted molar refractivity (Wildman–Crippen MR) is 134 cm³/mol. The zero-order valence-electron chi connectivity index (χ0n) is 19.7. The number of amides is 1. The van der Waals surface area contributed by atoms with E-state index in [2.05, 4.69) is 0 Å². The Morgan fingerprint density at radius 2 is 1.69 bits per heavy atom. The van der Waals surface area contributed by atoms with Crippen molar-refractivity contribution in [3.8, 4) is 5.69 Å². The molecule has 8 heteroatoms. The van der Waals surface area contributed by atoms with Crippen molar-refractivity contribution in [3.05, 3.63) is 112 Å². The van der Waals surface area contributed by atoms with E-state index in [1.54, 1.807) is 39.9 Å². The molecule has 4 rings (SSSR count). The second-order valence-corrected chi connectivity index (χ2v) is 8.88. The molecule has 0 radical (unpaired) electrons. The molecule has 0 bridgehead atoms. The van der Waals surface area contributed by atoms with Crippen LogP contribution in [0, 0.1) is 18.6 Å². The number of hydrogen-bond acceptors (Lipinski definition) is 3. The molecule has 3 aromatic carbocycles. The summed E-state index contributed by atoms with van der Waals surface area (Å²) in [6.45, 7) is 2.21. The van der Waals surface area contributed by atoms with Gasteiger partial charge in [0.1, 0.15) is 17.5 Å². The van der Waals surface area contributed by atoms with Crippen molar-refractivity contribution in [3.63, 3.8) is 0 Å². The summed E-state index contributed by atoms with van der Waals surface area (Å²) in [5, 5.41) is 5.30. The zero-order chi connectivity index (χ0) is 25.1. The summed E-state index contributed by atoms with van der Waals surface area (Å²) in [4.78, 5) is 17.0. The minimum absolute atomic E-state index is 0.0269. The maximum Gasteiger partial charge on any atom is 0.257 e. The highest BCUT2D eigenvalue weighted by Crippen LogP contribution is 2.29. The van der Waals surface area contributed by atoms with E-state index in [0.29, 0.717) is 5.02 Å². The molecule has 4 aromatic rings. The molecule has 5 nitrogen and oxygen atoms in total. The van der Waals surface area contributed by atoms with E-state index in [0.717, 1.165) is 28.3 Å². The molecule has 0 aliphatic rings. The number of anilines is 1. The molecule has 0 unspecified atom stereocenters. The van der Waals surface area contributed by atoms with Crippen molar-refractivity contribution >= 4 is 23.3 Å². The van der Waals surface area contributed by atoms with Crippen molar-refractivity contribution in [2.24, 2.45) is 0 Å². The summed E-state index contributed by atoms with van der Waals surface area (Å²) in [6.07, 6.45) is 0. The Morgan fingerprint density at radius 1 is 0.971 bits per heavy atom. The highest BCUT2D eigenvalue weighted by molar-refractivity contribution is 6.30. The Kier molecular flexibility index (Phi) is 7.17. The van der Waals surface area contributed by atoms with E-state index in [4.69, 9.17) is 16.7 Å². The molecule has 0 atom stereocenters. The van der Waals surface area contributed by atoms with Crippen LogP contribution in [-0.2, 0) is 13.1 Å². The summed E-state index contributed by atoms with van der Waals surface area (Å²) < 4.78 is 29.8. The molecule has 1 aromatic heterocycles. The Labute approximate surface area is 208 Å². The molecule has 0 saturated heterocycles. The number of aromatic nitrogens is 2. The third-order valence-corrected chi connectivity index (χ3v) is 5.90. The Bertz CT molecular complexity index is 1350. The van der Waals surface area contributed by atoms with Crippen LogP contribution in [-0.4, -0.2) is 34.7 Å². The molecule has 0 spiro atoms. The van der Waals surface area contributed by atoms with Crippen molar-refractivity contribution in [1.82, 2.24) is 14.7 Å². The van der Waals surface area contributed by atoms with Crippen molar-refractivity contribution in [2.75, 3.05) is 19.0 Å². The maximum atomic E-state index is 14.5. The van der Waals surface area contributed by atoms with Crippen LogP contribution in [0.15, 0.2) is 72.8 Å². The topological polar surface area (TPSA) is 41.4 Å². The number of nitrogens with zero attached hydrogens (tertiary/aromatic N) is 4. The summed E-state index contributed by atoms with van der Waals surface area (Å²) in [5.74, 6) is -0.655. The number of hydrogen-bond donors (Lipinski definition) is 0. The van der Waals surface area contributed by atoms with Gasteiger partial charge in [0.2, 0.25) is 0 Å². The van der Waals surface area contributed by atoms with E-state index in [-0.39, 0.29) is 24.5 Å². The van der Waals surface area contributed by atoms with Crippen LogP contribution in [0.3, 0.4) is 0 Å². The largest absolute Gasteiger partial charge is 0.362 e. The van der Waals surface area contributed by atoms with Gasteiger partial charge in [-0.2, -0.15) is 5.10 Å². The van der Waals surface area contributed by atoms with Gasteiger partial charge in [-0.1, -0.05) is 41.9 Å². The summed E-state index contributed by atoms with van der Waals surface area (Å²) in [7, 11) is 3.79. The molecule has 35 heavy (non-hydrogen) atoms. The first kappa shape index (κ1) is 24.4. The van der Waals surface area contributed by atoms with Gasteiger partial charge in [-0.25, -0.2) is 13.5 Å². The molecular formula is C27H25ClF2N4O. The van der Waals surface area contributed by atoms with Crippen molar-refractivity contribution < 1.29 is 13.6 Å². The van der Waals surface area contributed by atoms with E-state index < -0.39 is 11.7 Å². The Hall–Kier alpha value is -3.71. The molecule has 0 saturated carbocycles. The lowest BCUT2D eigenvalue weighted by atomic mass is 10.1. The highest BCUT2D eigenvalue weighted by atomic mass is 35.5. The predicted octanol–water partition coefficient (Wildman–Crippen LogP) is 6.02. The average Bonchev–Trinajstić information content (AvgIpc) is 3.16. The second-order valence-electron chi connectivity index (χ2n) is 8.44. The van der Waals surface area contributed by atoms with Gasteiger partial charge in [-0.15, -0.1) is 0 Å². The van der Waals surface area contributed by atoms with E-state index in [1.807, 2.05) is 44.1 Å². The van der Waals surface area contributed by atoms with Gasteiger partial charge < -0.3 is 9.80 Å². The fourth-order valence-electron chi connectivity index (χ4n) is 3.99. The highest BCUT2D eigenvalue weighted by Gasteiger charge is 2.25. The summed E-state index contributed by atoms with van der Waals surface area (Å²) >= 11 is 6.21. The molecule has 0 aliphatic heterocycles. The molecule has 180 valence electrons. The van der Waals surface area contributed by atoms with Crippen molar-refractivity contribution in [2.45, 2.75) is 20.0 Å². The van der Waals surface area contributed by atoms with Crippen LogP contribution in [0.25, 0.3) is 5.69 Å². The lowest BCUT2D eigenvalue weighted by molar-refractivity contribution is 0.0725. The van der Waals surface area contributed by atoms with Crippen molar-refractivity contribution in [1.29, 1.82) is 0 Å². The SMILES string of the molecule is Cc1nn(-c2cccc(Cl)c2)c(N(C)C)c1CN(Cc1ccc(F)cc1)C(=O)c1ccccc1F. The number of carbonyl (C=O) groups is 1. The minimum Gasteiger partial charge on any atom is -0.362 e. The number of carbonyl (C=O) groups excluding carboxylic acids is 1. The van der Waals surface area contributed by atoms with Gasteiger partial charge in [0.25, 0.3) is 5.91 Å². The fraction of sp³-hybridized carbons (Fsp3) is 0.185. The minimum atomic E-state index is -0.596. The lowest BCUT2D eigenvalue weighted by Gasteiger charge is -2.25. The number of halogens is 3. The monoisotopic (exact) mass is 494 g/mol. The third kappa shape index (κ3) is 5.35. The molecule has 0 aliphatic carbocycles. The van der Waals surface area contributed by atoms with E-state index in [9.17, 15) is 13.6 Å². The van der Waals surface area contributed by atoms with Crippen LogP contribution in [0.2, 0.25) is 5.02 Å². The van der Waals surface area contributed by atoms with Gasteiger partial charge >= 0.3 is 0 Å². The fourth-order valence-corrected chi connectivity index (χ4v) is 4.17. The van der Waals surface area contributed by atoms with Crippen LogP contribution in [0.4, 0.5) is 14.6 Å². The summed E-state index contributed by atoms with van der Waals surface area (Å²) in [5.41, 5.74) is 3.00. The number of aryl methyl sites for hydroxylation is 1. The van der Waals surface area contributed by atoms with Crippen LogP contribution < -0.4 is 4.90 Å². The normalized spacial score (nSPS) is 10.9. The van der Waals surface area contributed by atoms with Gasteiger partial charge in [-0.3, -0.25) is 4.79 Å². The molecule has 0 N–H and O–H groups in total. The number of rotatable bonds is 7. The zero-order valence-corrected chi connectivity index (χ0v) is 20.4. The van der Waals surface area contributed by atoms with Crippen LogP contribution in [0.1, 0.15) is 27.2 Å². The molecule has 1 amide bonds. The van der Waals surface area contributed by atoms with Gasteiger partial charge in [0, 0.05) is 31.2 Å². The quantitative estimate of drug-likeness (QED) is 0.315. The Balaban J connectivity index is 1.78. The first-order valence-electron chi connectivity index (χ1n) is 11.0. The lowest BCUT2D eigenvalue weighted by Crippen LogP contribution is -2.31. The maximum absolute atomic E-state index is 14.5. The second kappa shape index (κ2) is 10.3. The first-order chi connectivity index (χ1) is 16.7. The van der Waals surface area contributed by atoms with E-state index in [1.165, 1.54) is 24.3 Å². The number of benzene rings is 3. The first-order valence-corrected chi connectivity index (χ1v) is 11.4. The van der Waals surface area contributed by atoms with Crippen LogP contribution >= 0.6 is 11.6 Å². The van der Waals surface area contributed by atoms with E-state index >= 15 is 0 Å². The average molecular weight is 495 g/mol.